The molecule has 0 aliphatic carbocycles. The fourth-order valence-electron chi connectivity index (χ4n) is 0.261. The van der Waals surface area contributed by atoms with E-state index in [1.54, 1.807) is 0 Å². The van der Waals surface area contributed by atoms with Gasteiger partial charge in [0, 0.05) is 25.9 Å². The molecule has 0 aromatic carbocycles. The second kappa shape index (κ2) is 6.46. The van der Waals surface area contributed by atoms with Gasteiger partial charge in [-0.3, -0.25) is 4.79 Å². The molecule has 0 heterocycles. The quantitative estimate of drug-likeness (QED) is 0.395. The Labute approximate surface area is 71.3 Å². The molecule has 3 N–H and O–H groups in total. The molecule has 9 heavy (non-hydrogen) atoms. The van der Waals surface area contributed by atoms with Crippen molar-refractivity contribution >= 4 is 17.6 Å². The van der Waals surface area contributed by atoms with E-state index in [0.717, 1.165) is 0 Å². The van der Waals surface area contributed by atoms with Gasteiger partial charge in [0.25, 0.3) is 0 Å². The molecule has 1 atom stereocenters. The van der Waals surface area contributed by atoms with Crippen molar-refractivity contribution in [1.29, 1.82) is 0 Å². The molecule has 50 valence electrons. The van der Waals surface area contributed by atoms with E-state index < -0.39 is 11.5 Å². The molecule has 5 heteroatoms. The van der Waals surface area contributed by atoms with E-state index in [9.17, 15) is 4.79 Å². The Balaban J connectivity index is 0. The topological polar surface area (TPSA) is 63.3 Å². The molecule has 0 fully saturated rings. The van der Waals surface area contributed by atoms with Crippen LogP contribution in [-0.2, 0) is 24.3 Å². The number of hydrogen-bond acceptors (Lipinski definition) is 2. The first-order valence-electron chi connectivity index (χ1n) is 2.24. The van der Waals surface area contributed by atoms with Crippen LogP contribution in [0.4, 0.5) is 0 Å². The largest absolute Gasteiger partial charge is 0.481 e. The van der Waals surface area contributed by atoms with Gasteiger partial charge in [-0.05, 0) is 6.42 Å². The summed E-state index contributed by atoms with van der Waals surface area (Å²) in [7, 11) is 0. The molecular weight excluding hydrogens is 195 g/mol. The fourth-order valence-corrected chi connectivity index (χ4v) is 0.370. The number of carboxylic acid groups (broad SMARTS) is 1. The average Bonchev–Trinajstić information content (AvgIpc) is 1.61. The van der Waals surface area contributed by atoms with Crippen LogP contribution in [-0.4, -0.2) is 16.6 Å². The minimum atomic E-state index is -0.860. The third kappa shape index (κ3) is 11.8. The van der Waals surface area contributed by atoms with Crippen molar-refractivity contribution in [3.8, 4) is 0 Å². The van der Waals surface area contributed by atoms with Crippen LogP contribution in [0.1, 0.15) is 12.8 Å². The zero-order valence-corrected chi connectivity index (χ0v) is 8.73. The van der Waals surface area contributed by atoms with Crippen LogP contribution in [0.5, 0.6) is 0 Å². The van der Waals surface area contributed by atoms with E-state index >= 15 is 0 Å². The van der Waals surface area contributed by atoms with Crippen molar-refractivity contribution in [2.24, 2.45) is 5.73 Å². The van der Waals surface area contributed by atoms with Gasteiger partial charge < -0.3 is 10.8 Å². The molecule has 0 aromatic heterocycles. The van der Waals surface area contributed by atoms with Crippen molar-refractivity contribution in [3.63, 3.8) is 0 Å². The summed E-state index contributed by atoms with van der Waals surface area (Å²) in [6, 6.07) is 0. The van der Waals surface area contributed by atoms with Gasteiger partial charge in [-0.15, -0.1) is 11.6 Å². The maximum absolute atomic E-state index is 9.79. The first-order valence-corrected chi connectivity index (χ1v) is 2.68. The molecular formula is C4H8ClNO2Zn. The number of rotatable bonds is 3. The van der Waals surface area contributed by atoms with Crippen molar-refractivity contribution in [2.45, 2.75) is 18.3 Å². The van der Waals surface area contributed by atoms with E-state index in [0.29, 0.717) is 6.42 Å². The van der Waals surface area contributed by atoms with Gasteiger partial charge in [0.15, 0.2) is 0 Å². The zero-order valence-electron chi connectivity index (χ0n) is 5.01. The summed E-state index contributed by atoms with van der Waals surface area (Å²) in [5, 5.41) is 8.05. The summed E-state index contributed by atoms with van der Waals surface area (Å²) in [4.78, 5) is 9.79. The Morgan fingerprint density at radius 2 is 2.22 bits per heavy atom. The van der Waals surface area contributed by atoms with Gasteiger partial charge in [-0.2, -0.15) is 0 Å². The molecule has 0 spiro atoms. The summed E-state index contributed by atoms with van der Waals surface area (Å²) < 4.78 is 0. The summed E-state index contributed by atoms with van der Waals surface area (Å²) >= 11 is 5.24. The minimum absolute atomic E-state index is 0. The van der Waals surface area contributed by atoms with Crippen LogP contribution >= 0.6 is 11.6 Å². The predicted octanol–water partition coefficient (Wildman–Crippen LogP) is 0.372. The van der Waals surface area contributed by atoms with Crippen LogP contribution in [0, 0.1) is 0 Å². The second-order valence-corrected chi connectivity index (χ2v) is 2.01. The molecule has 1 unspecified atom stereocenters. The van der Waals surface area contributed by atoms with E-state index in [4.69, 9.17) is 22.4 Å². The van der Waals surface area contributed by atoms with Crippen LogP contribution < -0.4 is 5.73 Å². The first kappa shape index (κ1) is 12.1. The second-order valence-electron chi connectivity index (χ2n) is 1.45. The average molecular weight is 203 g/mol. The van der Waals surface area contributed by atoms with Crippen molar-refractivity contribution in [2.75, 3.05) is 0 Å². The molecule has 0 bridgehead atoms. The normalized spacial score (nSPS) is 11.8. The molecule has 0 radical (unpaired) electrons. The van der Waals surface area contributed by atoms with Crippen LogP contribution in [0.25, 0.3) is 0 Å². The monoisotopic (exact) mass is 201 g/mol. The van der Waals surface area contributed by atoms with Gasteiger partial charge in [-0.1, -0.05) is 0 Å². The Morgan fingerprint density at radius 3 is 2.33 bits per heavy atom. The predicted molar refractivity (Wildman–Crippen MR) is 30.7 cm³/mol. The number of carbonyl (C=O) groups is 1. The summed E-state index contributed by atoms with van der Waals surface area (Å²) in [5.41, 5.74) is 4.52. The Hall–Kier alpha value is 0.343. The molecule has 0 aromatic rings. The smallest absolute Gasteiger partial charge is 0.303 e. The maximum Gasteiger partial charge on any atom is 0.303 e. The van der Waals surface area contributed by atoms with Gasteiger partial charge in [0.05, 0.1) is 5.50 Å². The number of halogens is 1. The SMILES string of the molecule is NC(Cl)CCC(=O)O.[Zn]. The number of nitrogens with two attached hydrogens (primary N) is 1. The number of hydrogen-bond donors (Lipinski definition) is 2. The summed E-state index contributed by atoms with van der Waals surface area (Å²) in [6.07, 6.45) is 0.377. The minimum Gasteiger partial charge on any atom is -0.481 e. The van der Waals surface area contributed by atoms with Gasteiger partial charge in [-0.25, -0.2) is 0 Å². The van der Waals surface area contributed by atoms with Gasteiger partial charge in [0.1, 0.15) is 0 Å². The standard InChI is InChI=1S/C4H8ClNO2.Zn/c5-3(6)1-2-4(7)8;/h3H,1-2,6H2,(H,7,8);. The zero-order chi connectivity index (χ0) is 6.57. The maximum atomic E-state index is 9.79. The van der Waals surface area contributed by atoms with Gasteiger partial charge in [0.2, 0.25) is 0 Å². The molecule has 0 aliphatic rings. The Kier molecular flexibility index (Phi) is 8.66. The van der Waals surface area contributed by atoms with E-state index in [1.807, 2.05) is 0 Å². The van der Waals surface area contributed by atoms with Gasteiger partial charge >= 0.3 is 5.97 Å². The fraction of sp³-hybridized carbons (Fsp3) is 0.750. The Bertz CT molecular complexity index is 88.6. The third-order valence-corrected chi connectivity index (χ3v) is 0.852. The van der Waals surface area contributed by atoms with Crippen LogP contribution in [0.2, 0.25) is 0 Å². The van der Waals surface area contributed by atoms with E-state index in [2.05, 4.69) is 0 Å². The first-order chi connectivity index (χ1) is 3.63. The third-order valence-electron chi connectivity index (χ3n) is 0.634. The van der Waals surface area contributed by atoms with Crippen molar-refractivity contribution in [3.05, 3.63) is 0 Å². The van der Waals surface area contributed by atoms with E-state index in [1.165, 1.54) is 0 Å². The summed E-state index contributed by atoms with van der Waals surface area (Å²) in [5.74, 6) is -0.860. The number of alkyl halides is 1. The van der Waals surface area contributed by atoms with Crippen LogP contribution in [0.15, 0.2) is 0 Å². The summed E-state index contributed by atoms with van der Waals surface area (Å²) in [6.45, 7) is 0. The number of carboxylic acids is 1. The van der Waals surface area contributed by atoms with Crippen LogP contribution in [0.3, 0.4) is 0 Å². The van der Waals surface area contributed by atoms with E-state index in [-0.39, 0.29) is 25.9 Å². The Morgan fingerprint density at radius 1 is 1.78 bits per heavy atom. The van der Waals surface area contributed by atoms with Crippen molar-refractivity contribution in [1.82, 2.24) is 0 Å². The molecule has 0 amide bonds. The molecule has 0 saturated heterocycles. The van der Waals surface area contributed by atoms with Crippen molar-refractivity contribution < 1.29 is 29.4 Å². The molecule has 0 aliphatic heterocycles. The molecule has 0 rings (SSSR count). The molecule has 0 saturated carbocycles. The molecule has 3 nitrogen and oxygen atoms in total. The number of aliphatic carboxylic acids is 1.